The monoisotopic (exact) mass is 399 g/mol. The van der Waals surface area contributed by atoms with E-state index in [0.29, 0.717) is 6.04 Å². The molecule has 3 aliphatic rings. The zero-order valence-electron chi connectivity index (χ0n) is 17.9. The molecule has 2 N–H and O–H groups in total. The van der Waals surface area contributed by atoms with Crippen molar-refractivity contribution in [3.8, 4) is 0 Å². The second-order valence-electron chi connectivity index (χ2n) is 8.69. The molecule has 2 aliphatic heterocycles. The molecular weight excluding hydrogens is 362 g/mol. The van der Waals surface area contributed by atoms with E-state index >= 15 is 0 Å². The van der Waals surface area contributed by atoms with E-state index in [1.54, 1.807) is 0 Å². The molecule has 0 spiro atoms. The standard InChI is InChI=1S/C23H37N5O/c1-24-23(26-21-10-11-28(18-21)22-4-2-3-5-22)25-16-19-6-8-20(9-7-19)17-27-12-14-29-15-13-27/h6-9,21-22H,2-5,10-18H2,1H3,(H2,24,25,26). The molecule has 2 heterocycles. The van der Waals surface area contributed by atoms with Crippen LogP contribution in [0.1, 0.15) is 43.2 Å². The largest absolute Gasteiger partial charge is 0.379 e. The average molecular weight is 400 g/mol. The number of nitrogens with one attached hydrogen (secondary N) is 2. The van der Waals surface area contributed by atoms with Gasteiger partial charge in [-0.05, 0) is 30.4 Å². The fraction of sp³-hybridized carbons (Fsp3) is 0.696. The number of guanidine groups is 1. The Kier molecular flexibility index (Phi) is 7.41. The van der Waals surface area contributed by atoms with E-state index in [4.69, 9.17) is 4.74 Å². The highest BCUT2D eigenvalue weighted by molar-refractivity contribution is 5.80. The minimum atomic E-state index is 0.512. The first-order valence-corrected chi connectivity index (χ1v) is 11.4. The van der Waals surface area contributed by atoms with Crippen molar-refractivity contribution in [2.75, 3.05) is 46.4 Å². The normalized spacial score (nSPS) is 24.9. The summed E-state index contributed by atoms with van der Waals surface area (Å²) in [5.74, 6) is 0.917. The predicted octanol–water partition coefficient (Wildman–Crippen LogP) is 2.20. The van der Waals surface area contributed by atoms with Crippen LogP contribution in [0.4, 0.5) is 0 Å². The Balaban J connectivity index is 1.20. The summed E-state index contributed by atoms with van der Waals surface area (Å²) in [5.41, 5.74) is 2.66. The summed E-state index contributed by atoms with van der Waals surface area (Å²) >= 11 is 0. The number of hydrogen-bond acceptors (Lipinski definition) is 4. The van der Waals surface area contributed by atoms with Crippen LogP contribution in [0.5, 0.6) is 0 Å². The van der Waals surface area contributed by atoms with Crippen molar-refractivity contribution in [1.82, 2.24) is 20.4 Å². The molecule has 0 bridgehead atoms. The fourth-order valence-electron chi connectivity index (χ4n) is 4.86. The van der Waals surface area contributed by atoms with Crippen LogP contribution < -0.4 is 10.6 Å². The molecule has 1 saturated carbocycles. The molecule has 160 valence electrons. The Morgan fingerprint density at radius 3 is 2.48 bits per heavy atom. The second kappa shape index (κ2) is 10.4. The minimum Gasteiger partial charge on any atom is -0.379 e. The molecule has 1 aromatic rings. The van der Waals surface area contributed by atoms with Gasteiger partial charge in [0.1, 0.15) is 0 Å². The average Bonchev–Trinajstić information content (AvgIpc) is 3.45. The zero-order valence-corrected chi connectivity index (χ0v) is 17.9. The van der Waals surface area contributed by atoms with E-state index in [1.807, 2.05) is 7.05 Å². The SMILES string of the molecule is CN=C(NCc1ccc(CN2CCOCC2)cc1)NC1CCN(C2CCCC2)C1. The molecule has 0 amide bonds. The highest BCUT2D eigenvalue weighted by Gasteiger charge is 2.30. The van der Waals surface area contributed by atoms with Gasteiger partial charge in [0.2, 0.25) is 0 Å². The molecule has 1 aliphatic carbocycles. The smallest absolute Gasteiger partial charge is 0.191 e. The van der Waals surface area contributed by atoms with Crippen LogP contribution in [-0.4, -0.2) is 74.3 Å². The molecule has 3 fully saturated rings. The Morgan fingerprint density at radius 1 is 1.03 bits per heavy atom. The molecule has 0 aromatic heterocycles. The minimum absolute atomic E-state index is 0.512. The molecule has 1 atom stereocenters. The van der Waals surface area contributed by atoms with Gasteiger partial charge in [-0.15, -0.1) is 0 Å². The molecule has 1 aromatic carbocycles. The third-order valence-electron chi connectivity index (χ3n) is 6.62. The summed E-state index contributed by atoms with van der Waals surface area (Å²) < 4.78 is 5.43. The van der Waals surface area contributed by atoms with Crippen LogP contribution in [0, 0.1) is 0 Å². The van der Waals surface area contributed by atoms with Crippen LogP contribution in [0.25, 0.3) is 0 Å². The van der Waals surface area contributed by atoms with E-state index in [2.05, 4.69) is 49.7 Å². The lowest BCUT2D eigenvalue weighted by atomic mass is 10.1. The van der Waals surface area contributed by atoms with Crippen LogP contribution in [0.2, 0.25) is 0 Å². The van der Waals surface area contributed by atoms with Crippen LogP contribution in [-0.2, 0) is 17.8 Å². The summed E-state index contributed by atoms with van der Waals surface area (Å²) in [7, 11) is 1.87. The van der Waals surface area contributed by atoms with E-state index < -0.39 is 0 Å². The Bertz CT molecular complexity index is 650. The molecule has 1 unspecified atom stereocenters. The molecule has 6 nitrogen and oxygen atoms in total. The van der Waals surface area contributed by atoms with Gasteiger partial charge in [-0.25, -0.2) is 0 Å². The van der Waals surface area contributed by atoms with Gasteiger partial charge >= 0.3 is 0 Å². The number of hydrogen-bond donors (Lipinski definition) is 2. The highest BCUT2D eigenvalue weighted by Crippen LogP contribution is 2.26. The van der Waals surface area contributed by atoms with Gasteiger partial charge < -0.3 is 15.4 Å². The number of morpholine rings is 1. The van der Waals surface area contributed by atoms with Gasteiger partial charge in [0.05, 0.1) is 13.2 Å². The number of aliphatic imine (C=N–C) groups is 1. The van der Waals surface area contributed by atoms with E-state index in [0.717, 1.165) is 57.9 Å². The first-order chi connectivity index (χ1) is 14.3. The molecule has 29 heavy (non-hydrogen) atoms. The van der Waals surface area contributed by atoms with Crippen molar-refractivity contribution >= 4 is 5.96 Å². The summed E-state index contributed by atoms with van der Waals surface area (Å²) in [6.45, 7) is 7.97. The lowest BCUT2D eigenvalue weighted by Crippen LogP contribution is -2.45. The lowest BCUT2D eigenvalue weighted by Gasteiger charge is -2.26. The maximum atomic E-state index is 5.43. The summed E-state index contributed by atoms with van der Waals surface area (Å²) in [4.78, 5) is 9.58. The number of likely N-dealkylation sites (tertiary alicyclic amines) is 1. The van der Waals surface area contributed by atoms with Gasteiger partial charge in [-0.3, -0.25) is 14.8 Å². The zero-order chi connectivity index (χ0) is 19.9. The molecule has 0 radical (unpaired) electrons. The third-order valence-corrected chi connectivity index (χ3v) is 6.62. The van der Waals surface area contributed by atoms with E-state index in [-0.39, 0.29) is 0 Å². The Morgan fingerprint density at radius 2 is 1.76 bits per heavy atom. The quantitative estimate of drug-likeness (QED) is 0.567. The highest BCUT2D eigenvalue weighted by atomic mass is 16.5. The molecular formula is C23H37N5O. The van der Waals surface area contributed by atoms with Crippen molar-refractivity contribution in [3.05, 3.63) is 35.4 Å². The topological polar surface area (TPSA) is 52.1 Å². The summed E-state index contributed by atoms with van der Waals surface area (Å²) in [6, 6.07) is 10.3. The Labute approximate surface area is 175 Å². The van der Waals surface area contributed by atoms with E-state index in [1.165, 1.54) is 49.8 Å². The number of nitrogens with zero attached hydrogens (tertiary/aromatic N) is 3. The molecule has 2 saturated heterocycles. The summed E-state index contributed by atoms with van der Waals surface area (Å²) in [5, 5.41) is 7.12. The van der Waals surface area contributed by atoms with Gasteiger partial charge in [-0.1, -0.05) is 37.1 Å². The van der Waals surface area contributed by atoms with Crippen LogP contribution in [0.3, 0.4) is 0 Å². The van der Waals surface area contributed by atoms with Crippen molar-refractivity contribution in [3.63, 3.8) is 0 Å². The van der Waals surface area contributed by atoms with Crippen molar-refractivity contribution in [2.45, 2.75) is 57.3 Å². The van der Waals surface area contributed by atoms with Crippen LogP contribution >= 0.6 is 0 Å². The van der Waals surface area contributed by atoms with Crippen molar-refractivity contribution in [2.24, 2.45) is 4.99 Å². The Hall–Kier alpha value is -1.63. The fourth-order valence-corrected chi connectivity index (χ4v) is 4.86. The van der Waals surface area contributed by atoms with Gasteiger partial charge in [0, 0.05) is 58.4 Å². The number of rotatable bonds is 6. The number of benzene rings is 1. The number of ether oxygens (including phenoxy) is 1. The first kappa shape index (κ1) is 20.6. The molecule has 4 rings (SSSR count). The second-order valence-corrected chi connectivity index (χ2v) is 8.69. The maximum Gasteiger partial charge on any atom is 0.191 e. The van der Waals surface area contributed by atoms with Gasteiger partial charge in [-0.2, -0.15) is 0 Å². The first-order valence-electron chi connectivity index (χ1n) is 11.4. The van der Waals surface area contributed by atoms with Crippen molar-refractivity contribution in [1.29, 1.82) is 0 Å². The molecule has 6 heteroatoms. The summed E-state index contributed by atoms with van der Waals surface area (Å²) in [6.07, 6.45) is 6.82. The predicted molar refractivity (Wildman–Crippen MR) is 118 cm³/mol. The lowest BCUT2D eigenvalue weighted by molar-refractivity contribution is 0.0342. The van der Waals surface area contributed by atoms with Gasteiger partial charge in [0.25, 0.3) is 0 Å². The van der Waals surface area contributed by atoms with Gasteiger partial charge in [0.15, 0.2) is 5.96 Å². The third kappa shape index (κ3) is 5.93. The van der Waals surface area contributed by atoms with Crippen LogP contribution in [0.15, 0.2) is 29.3 Å². The van der Waals surface area contributed by atoms with E-state index in [9.17, 15) is 0 Å². The van der Waals surface area contributed by atoms with Crippen molar-refractivity contribution < 1.29 is 4.74 Å². The maximum absolute atomic E-state index is 5.43.